The maximum absolute atomic E-state index is 12.2. The summed E-state index contributed by atoms with van der Waals surface area (Å²) in [5.74, 6) is 0. The Morgan fingerprint density at radius 2 is 2.00 bits per heavy atom. The van der Waals surface area contributed by atoms with Gasteiger partial charge in [-0.1, -0.05) is 17.7 Å². The van der Waals surface area contributed by atoms with Crippen LogP contribution in [0.15, 0.2) is 41.6 Å². The van der Waals surface area contributed by atoms with Crippen molar-refractivity contribution >= 4 is 15.7 Å². The van der Waals surface area contributed by atoms with Crippen LogP contribution >= 0.6 is 0 Å². The molecule has 0 radical (unpaired) electrons. The largest absolute Gasteiger partial charge is 0.276 e. The van der Waals surface area contributed by atoms with Crippen molar-refractivity contribution in [3.8, 4) is 6.07 Å². The van der Waals surface area contributed by atoms with Gasteiger partial charge < -0.3 is 0 Å². The summed E-state index contributed by atoms with van der Waals surface area (Å²) in [7, 11) is -3.59. The molecule has 0 saturated carbocycles. The molecule has 116 valence electrons. The van der Waals surface area contributed by atoms with Crippen molar-refractivity contribution in [2.24, 2.45) is 0 Å². The molecular weight excluding hydrogens is 300 g/mol. The lowest BCUT2D eigenvalue weighted by Crippen LogP contribution is -2.12. The topological polar surface area (TPSA) is 87.8 Å². The average Bonchev–Trinajstić information content (AvgIpc) is 2.91. The monoisotopic (exact) mass is 318 g/mol. The van der Waals surface area contributed by atoms with Crippen molar-refractivity contribution in [3.63, 3.8) is 0 Å². The predicted molar refractivity (Wildman–Crippen MR) is 83.7 cm³/mol. The maximum Gasteiger partial charge on any atom is 0.261 e. The number of hydrogen-bond donors (Lipinski definition) is 1. The molecule has 0 unspecified atom stereocenters. The van der Waals surface area contributed by atoms with Crippen LogP contribution in [0.3, 0.4) is 0 Å². The van der Waals surface area contributed by atoms with E-state index in [1.807, 2.05) is 6.92 Å². The molecule has 0 saturated heterocycles. The molecule has 1 heterocycles. The van der Waals surface area contributed by atoms with E-state index in [1.54, 1.807) is 35.1 Å². The van der Waals surface area contributed by atoms with Gasteiger partial charge >= 0.3 is 0 Å². The number of rotatable bonds is 7. The van der Waals surface area contributed by atoms with E-state index < -0.39 is 10.0 Å². The molecule has 0 fully saturated rings. The molecule has 0 bridgehead atoms. The summed E-state index contributed by atoms with van der Waals surface area (Å²) in [4.78, 5) is 0.222. The summed E-state index contributed by atoms with van der Waals surface area (Å²) in [6.45, 7) is 2.56. The molecule has 1 aromatic heterocycles. The number of nitrogens with one attached hydrogen (secondary N) is 1. The normalized spacial score (nSPS) is 11.1. The molecule has 6 nitrogen and oxygen atoms in total. The molecule has 1 aromatic carbocycles. The van der Waals surface area contributed by atoms with Crippen molar-refractivity contribution in [2.45, 2.75) is 37.6 Å². The van der Waals surface area contributed by atoms with Crippen LogP contribution in [0.5, 0.6) is 0 Å². The second kappa shape index (κ2) is 7.09. The Morgan fingerprint density at radius 3 is 2.68 bits per heavy atom. The molecule has 22 heavy (non-hydrogen) atoms. The lowest BCUT2D eigenvalue weighted by Gasteiger charge is -2.06. The van der Waals surface area contributed by atoms with Crippen molar-refractivity contribution < 1.29 is 8.42 Å². The number of nitriles is 1. The number of unbranched alkanes of at least 4 members (excludes halogenated alkanes) is 2. The van der Waals surface area contributed by atoms with E-state index in [1.165, 1.54) is 6.20 Å². The summed E-state index contributed by atoms with van der Waals surface area (Å²) in [6, 6.07) is 8.75. The zero-order valence-corrected chi connectivity index (χ0v) is 13.2. The molecule has 0 atom stereocenters. The van der Waals surface area contributed by atoms with E-state index in [-0.39, 0.29) is 4.90 Å². The van der Waals surface area contributed by atoms with Gasteiger partial charge in [-0.25, -0.2) is 8.42 Å². The van der Waals surface area contributed by atoms with Gasteiger partial charge in [-0.3, -0.25) is 9.40 Å². The van der Waals surface area contributed by atoms with E-state index in [0.717, 1.165) is 18.4 Å². The molecule has 0 aliphatic heterocycles. The Hall–Kier alpha value is -2.33. The fourth-order valence-electron chi connectivity index (χ4n) is 1.95. The van der Waals surface area contributed by atoms with Gasteiger partial charge in [0, 0.05) is 19.2 Å². The van der Waals surface area contributed by atoms with Gasteiger partial charge in [0.25, 0.3) is 10.0 Å². The zero-order chi connectivity index (χ0) is 16.0. The van der Waals surface area contributed by atoms with Crippen LogP contribution in [0.4, 0.5) is 5.69 Å². The summed E-state index contributed by atoms with van der Waals surface area (Å²) in [5.41, 5.74) is 1.44. The summed E-state index contributed by atoms with van der Waals surface area (Å²) in [6.07, 6.45) is 5.29. The van der Waals surface area contributed by atoms with E-state index >= 15 is 0 Å². The second-order valence-electron chi connectivity index (χ2n) is 5.03. The fraction of sp³-hybridized carbons (Fsp3) is 0.333. The van der Waals surface area contributed by atoms with Crippen molar-refractivity contribution in [1.82, 2.24) is 9.78 Å². The molecule has 0 spiro atoms. The lowest BCUT2D eigenvalue weighted by atomic mass is 10.2. The molecule has 2 aromatic rings. The van der Waals surface area contributed by atoms with Gasteiger partial charge in [-0.2, -0.15) is 10.4 Å². The number of sulfonamides is 1. The fourth-order valence-corrected chi connectivity index (χ4v) is 2.98. The first kappa shape index (κ1) is 16.0. The minimum absolute atomic E-state index is 0.222. The number of hydrogen-bond acceptors (Lipinski definition) is 4. The number of benzene rings is 1. The van der Waals surface area contributed by atoms with Gasteiger partial charge in [0.15, 0.2) is 0 Å². The number of aromatic nitrogens is 2. The van der Waals surface area contributed by atoms with Crippen LogP contribution in [0.2, 0.25) is 0 Å². The third-order valence-corrected chi connectivity index (χ3v) is 4.54. The lowest BCUT2D eigenvalue weighted by molar-refractivity contribution is 0.562. The van der Waals surface area contributed by atoms with Crippen molar-refractivity contribution in [1.29, 1.82) is 5.26 Å². The van der Waals surface area contributed by atoms with Gasteiger partial charge in [0.2, 0.25) is 0 Å². The third-order valence-electron chi connectivity index (χ3n) is 3.14. The first-order valence-electron chi connectivity index (χ1n) is 7.00. The molecule has 1 N–H and O–H groups in total. The average molecular weight is 318 g/mol. The van der Waals surface area contributed by atoms with E-state index in [9.17, 15) is 8.42 Å². The van der Waals surface area contributed by atoms with Crippen LogP contribution in [-0.2, 0) is 16.6 Å². The highest BCUT2D eigenvalue weighted by Crippen LogP contribution is 2.16. The zero-order valence-electron chi connectivity index (χ0n) is 12.4. The summed E-state index contributed by atoms with van der Waals surface area (Å²) in [5, 5.41) is 12.6. The SMILES string of the molecule is Cc1ccc(S(=O)(=O)Nc2cnn(CCCCC#N)c2)cc1. The summed E-state index contributed by atoms with van der Waals surface area (Å²) < 4.78 is 28.7. The Bertz CT molecular complexity index is 758. The van der Waals surface area contributed by atoms with Gasteiger partial charge in [0.05, 0.1) is 22.8 Å². The van der Waals surface area contributed by atoms with Crippen LogP contribution in [-0.4, -0.2) is 18.2 Å². The second-order valence-corrected chi connectivity index (χ2v) is 6.71. The first-order valence-corrected chi connectivity index (χ1v) is 8.48. The number of aryl methyl sites for hydroxylation is 2. The first-order chi connectivity index (χ1) is 10.5. The molecule has 7 heteroatoms. The third kappa shape index (κ3) is 4.33. The van der Waals surface area contributed by atoms with Gasteiger partial charge in [-0.15, -0.1) is 0 Å². The highest BCUT2D eigenvalue weighted by molar-refractivity contribution is 7.92. The minimum Gasteiger partial charge on any atom is -0.276 e. The van der Waals surface area contributed by atoms with Crippen LogP contribution in [0.25, 0.3) is 0 Å². The Kier molecular flexibility index (Phi) is 5.17. The highest BCUT2D eigenvalue weighted by Gasteiger charge is 2.14. The van der Waals surface area contributed by atoms with Gasteiger partial charge in [-0.05, 0) is 31.9 Å². The standard InChI is InChI=1S/C15H18N4O2S/c1-13-5-7-15(8-6-13)22(20,21)18-14-11-17-19(12-14)10-4-2-3-9-16/h5-8,11-12,18H,2-4,10H2,1H3. The minimum atomic E-state index is -3.59. The molecule has 0 aliphatic carbocycles. The Balaban J connectivity index is 2.00. The van der Waals surface area contributed by atoms with E-state index in [2.05, 4.69) is 15.9 Å². The van der Waals surface area contributed by atoms with E-state index in [4.69, 9.17) is 5.26 Å². The highest BCUT2D eigenvalue weighted by atomic mass is 32.2. The molecule has 0 aliphatic rings. The van der Waals surface area contributed by atoms with Crippen molar-refractivity contribution in [2.75, 3.05) is 4.72 Å². The van der Waals surface area contributed by atoms with Crippen LogP contribution in [0, 0.1) is 18.3 Å². The molecule has 2 rings (SSSR count). The Morgan fingerprint density at radius 1 is 1.27 bits per heavy atom. The van der Waals surface area contributed by atoms with Crippen molar-refractivity contribution in [3.05, 3.63) is 42.2 Å². The molecule has 0 amide bonds. The smallest absolute Gasteiger partial charge is 0.261 e. The summed E-state index contributed by atoms with van der Waals surface area (Å²) >= 11 is 0. The van der Waals surface area contributed by atoms with E-state index in [0.29, 0.717) is 18.7 Å². The molecular formula is C15H18N4O2S. The van der Waals surface area contributed by atoms with Gasteiger partial charge in [0.1, 0.15) is 0 Å². The number of anilines is 1. The quantitative estimate of drug-likeness (QED) is 0.795. The Labute approximate surface area is 130 Å². The van der Waals surface area contributed by atoms with Crippen LogP contribution < -0.4 is 4.72 Å². The van der Waals surface area contributed by atoms with Crippen LogP contribution in [0.1, 0.15) is 24.8 Å². The number of nitrogens with zero attached hydrogens (tertiary/aromatic N) is 3. The predicted octanol–water partition coefficient (Wildman–Crippen LogP) is 2.69. The maximum atomic E-state index is 12.2.